The number of imidazole rings is 1. The van der Waals surface area contributed by atoms with Gasteiger partial charge in [-0.05, 0) is 12.1 Å². The predicted octanol–water partition coefficient (Wildman–Crippen LogP) is 2.03. The van der Waals surface area contributed by atoms with Gasteiger partial charge in [0.1, 0.15) is 6.04 Å². The number of carbonyl (C=O) groups is 1. The molecule has 0 bridgehead atoms. The lowest BCUT2D eigenvalue weighted by Crippen LogP contribution is -2.28. The summed E-state index contributed by atoms with van der Waals surface area (Å²) < 4.78 is 1.56. The predicted molar refractivity (Wildman–Crippen MR) is 86.0 cm³/mol. The van der Waals surface area contributed by atoms with Gasteiger partial charge in [-0.3, -0.25) is 9.78 Å². The van der Waals surface area contributed by atoms with Gasteiger partial charge < -0.3 is 15.0 Å². The van der Waals surface area contributed by atoms with Gasteiger partial charge in [-0.15, -0.1) is 12.4 Å². The van der Waals surface area contributed by atoms with E-state index in [1.807, 2.05) is 30.3 Å². The molecule has 0 unspecified atom stereocenters. The van der Waals surface area contributed by atoms with Crippen LogP contribution in [-0.4, -0.2) is 32.2 Å². The lowest BCUT2D eigenvalue weighted by atomic mass is 10.2. The molecule has 7 heteroatoms. The molecule has 1 aromatic carbocycles. The number of hydrogen-bond acceptors (Lipinski definition) is 4. The van der Waals surface area contributed by atoms with Crippen LogP contribution < -0.4 is 5.32 Å². The highest BCUT2D eigenvalue weighted by Gasteiger charge is 2.19. The second-order valence-electron chi connectivity index (χ2n) is 4.61. The zero-order valence-corrected chi connectivity index (χ0v) is 12.4. The summed E-state index contributed by atoms with van der Waals surface area (Å²) in [4.78, 5) is 20.4. The number of nitrogens with zero attached hydrogens (tertiary/aromatic N) is 3. The van der Waals surface area contributed by atoms with Crippen LogP contribution in [0.5, 0.6) is 0 Å². The number of fused-ring (bicyclic) bond motifs is 1. The van der Waals surface area contributed by atoms with Crippen LogP contribution in [-0.2, 0) is 4.79 Å². The summed E-state index contributed by atoms with van der Waals surface area (Å²) in [5, 5.41) is 13.1. The lowest BCUT2D eigenvalue weighted by Gasteiger charge is -2.15. The topological polar surface area (TPSA) is 80.0 Å². The van der Waals surface area contributed by atoms with Gasteiger partial charge in [0.05, 0.1) is 30.3 Å². The summed E-state index contributed by atoms with van der Waals surface area (Å²) in [6.07, 6.45) is 6.30. The Morgan fingerprint density at radius 1 is 1.36 bits per heavy atom. The fraction of sp³-hybridized carbons (Fsp3) is 0.133. The highest BCUT2D eigenvalue weighted by Crippen LogP contribution is 2.17. The molecule has 0 radical (unpaired) electrons. The second-order valence-corrected chi connectivity index (χ2v) is 4.61. The quantitative estimate of drug-likeness (QED) is 0.771. The first-order valence-corrected chi connectivity index (χ1v) is 6.52. The standard InChI is InChI=1S/C15H14N4O2.ClH/c20-9-14(19-6-5-16-10-19)15(21)18-12-7-11-3-1-2-4-13(11)17-8-12;/h1-8,10,14,20H,9H2,(H,18,21);1H/t14-;/m0./s1. The molecule has 22 heavy (non-hydrogen) atoms. The molecule has 1 atom stereocenters. The van der Waals surface area contributed by atoms with E-state index in [2.05, 4.69) is 15.3 Å². The number of aliphatic hydroxyl groups excluding tert-OH is 1. The van der Waals surface area contributed by atoms with Crippen molar-refractivity contribution in [3.05, 3.63) is 55.2 Å². The van der Waals surface area contributed by atoms with Crippen LogP contribution in [0.15, 0.2) is 55.2 Å². The van der Waals surface area contributed by atoms with Crippen molar-refractivity contribution in [3.63, 3.8) is 0 Å². The number of halogens is 1. The molecule has 0 fully saturated rings. The molecule has 0 aliphatic heterocycles. The summed E-state index contributed by atoms with van der Waals surface area (Å²) in [5.41, 5.74) is 1.46. The summed E-state index contributed by atoms with van der Waals surface area (Å²) in [7, 11) is 0. The number of nitrogens with one attached hydrogen (secondary N) is 1. The van der Waals surface area contributed by atoms with Crippen LogP contribution in [0.2, 0.25) is 0 Å². The van der Waals surface area contributed by atoms with Crippen molar-refractivity contribution in [2.75, 3.05) is 11.9 Å². The fourth-order valence-electron chi connectivity index (χ4n) is 2.13. The van der Waals surface area contributed by atoms with Crippen molar-refractivity contribution < 1.29 is 9.90 Å². The van der Waals surface area contributed by atoms with E-state index in [0.717, 1.165) is 10.9 Å². The first-order chi connectivity index (χ1) is 10.3. The van der Waals surface area contributed by atoms with E-state index in [1.165, 1.54) is 6.33 Å². The van der Waals surface area contributed by atoms with E-state index >= 15 is 0 Å². The molecule has 114 valence electrons. The van der Waals surface area contributed by atoms with Gasteiger partial charge in [-0.2, -0.15) is 0 Å². The van der Waals surface area contributed by atoms with Crippen molar-refractivity contribution in [1.29, 1.82) is 0 Å². The third-order valence-electron chi connectivity index (χ3n) is 3.22. The zero-order chi connectivity index (χ0) is 14.7. The van der Waals surface area contributed by atoms with E-state index in [0.29, 0.717) is 5.69 Å². The Labute approximate surface area is 133 Å². The van der Waals surface area contributed by atoms with Crippen LogP contribution in [0.25, 0.3) is 10.9 Å². The van der Waals surface area contributed by atoms with Gasteiger partial charge in [0.25, 0.3) is 0 Å². The number of aliphatic hydroxyl groups is 1. The molecule has 2 N–H and O–H groups in total. The maximum atomic E-state index is 12.2. The molecule has 3 aromatic rings. The van der Waals surface area contributed by atoms with E-state index in [-0.39, 0.29) is 24.9 Å². The van der Waals surface area contributed by atoms with E-state index in [4.69, 9.17) is 0 Å². The molecule has 1 amide bonds. The number of para-hydroxylation sites is 1. The Morgan fingerprint density at radius 3 is 2.91 bits per heavy atom. The Balaban J connectivity index is 0.00000176. The summed E-state index contributed by atoms with van der Waals surface area (Å²) in [6, 6.07) is 8.80. The first kappa shape index (κ1) is 15.9. The molecule has 0 aliphatic rings. The molecule has 3 rings (SSSR count). The van der Waals surface area contributed by atoms with Gasteiger partial charge in [-0.1, -0.05) is 18.2 Å². The number of hydrogen-bond donors (Lipinski definition) is 2. The Hall–Kier alpha value is -2.44. The molecular weight excluding hydrogens is 304 g/mol. The van der Waals surface area contributed by atoms with Crippen LogP contribution in [0.3, 0.4) is 0 Å². The van der Waals surface area contributed by atoms with Crippen molar-refractivity contribution in [3.8, 4) is 0 Å². The molecule has 6 nitrogen and oxygen atoms in total. The van der Waals surface area contributed by atoms with E-state index in [9.17, 15) is 9.90 Å². The average Bonchev–Trinajstić information content (AvgIpc) is 3.02. The normalized spacial score (nSPS) is 11.7. The fourth-order valence-corrected chi connectivity index (χ4v) is 2.13. The van der Waals surface area contributed by atoms with Crippen molar-refractivity contribution >= 4 is 34.9 Å². The van der Waals surface area contributed by atoms with Gasteiger partial charge in [0, 0.05) is 17.8 Å². The van der Waals surface area contributed by atoms with Crippen molar-refractivity contribution in [2.24, 2.45) is 0 Å². The van der Waals surface area contributed by atoms with E-state index < -0.39 is 6.04 Å². The van der Waals surface area contributed by atoms with Crippen LogP contribution in [0.4, 0.5) is 5.69 Å². The maximum Gasteiger partial charge on any atom is 0.249 e. The van der Waals surface area contributed by atoms with Crippen LogP contribution in [0, 0.1) is 0 Å². The Bertz CT molecular complexity index is 761. The molecule has 0 saturated heterocycles. The third-order valence-corrected chi connectivity index (χ3v) is 3.22. The number of pyridine rings is 1. The average molecular weight is 319 g/mol. The maximum absolute atomic E-state index is 12.2. The largest absolute Gasteiger partial charge is 0.394 e. The van der Waals surface area contributed by atoms with Gasteiger partial charge in [0.2, 0.25) is 5.91 Å². The number of benzene rings is 1. The number of aromatic nitrogens is 3. The summed E-state index contributed by atoms with van der Waals surface area (Å²) in [5.74, 6) is -0.312. The lowest BCUT2D eigenvalue weighted by molar-refractivity contribution is -0.120. The van der Waals surface area contributed by atoms with E-state index in [1.54, 1.807) is 23.2 Å². The SMILES string of the molecule is Cl.O=C(Nc1cnc2ccccc2c1)[C@H](CO)n1ccnc1. The minimum Gasteiger partial charge on any atom is -0.394 e. The minimum atomic E-state index is -0.709. The molecule has 0 saturated carbocycles. The molecular formula is C15H15ClN4O2. The second kappa shape index (κ2) is 7.02. The first-order valence-electron chi connectivity index (χ1n) is 6.52. The summed E-state index contributed by atoms with van der Waals surface area (Å²) >= 11 is 0. The highest BCUT2D eigenvalue weighted by atomic mass is 35.5. The molecule has 2 aromatic heterocycles. The van der Waals surface area contributed by atoms with Crippen molar-refractivity contribution in [1.82, 2.24) is 14.5 Å². The van der Waals surface area contributed by atoms with Gasteiger partial charge in [0.15, 0.2) is 0 Å². The monoisotopic (exact) mass is 318 g/mol. The smallest absolute Gasteiger partial charge is 0.249 e. The van der Waals surface area contributed by atoms with Crippen molar-refractivity contribution in [2.45, 2.75) is 6.04 Å². The van der Waals surface area contributed by atoms with Crippen LogP contribution in [0.1, 0.15) is 6.04 Å². The van der Waals surface area contributed by atoms with Crippen LogP contribution >= 0.6 is 12.4 Å². The number of rotatable bonds is 4. The van der Waals surface area contributed by atoms with Gasteiger partial charge in [-0.25, -0.2) is 4.98 Å². The molecule has 0 spiro atoms. The molecule has 0 aliphatic carbocycles. The Morgan fingerprint density at radius 2 is 2.18 bits per heavy atom. The number of anilines is 1. The van der Waals surface area contributed by atoms with Gasteiger partial charge >= 0.3 is 0 Å². The molecule has 2 heterocycles. The zero-order valence-electron chi connectivity index (χ0n) is 11.6. The Kier molecular flexibility index (Phi) is 5.08. The number of carbonyl (C=O) groups excluding carboxylic acids is 1. The summed E-state index contributed by atoms with van der Waals surface area (Å²) in [6.45, 7) is -0.302. The highest BCUT2D eigenvalue weighted by molar-refractivity contribution is 5.95. The number of amides is 1. The minimum absolute atomic E-state index is 0. The third kappa shape index (κ3) is 3.24.